The Hall–Kier alpha value is -4.06. The van der Waals surface area contributed by atoms with E-state index < -0.39 is 0 Å². The van der Waals surface area contributed by atoms with Crippen molar-refractivity contribution in [2.24, 2.45) is 0 Å². The van der Waals surface area contributed by atoms with Crippen molar-refractivity contribution in [2.45, 2.75) is 13.3 Å². The van der Waals surface area contributed by atoms with E-state index in [2.05, 4.69) is 33.1 Å². The van der Waals surface area contributed by atoms with Crippen molar-refractivity contribution < 1.29 is 23.5 Å². The molecule has 0 atom stereocenters. The summed E-state index contributed by atoms with van der Waals surface area (Å²) < 4.78 is 24.1. The van der Waals surface area contributed by atoms with Crippen molar-refractivity contribution in [3.05, 3.63) is 79.8 Å². The van der Waals surface area contributed by atoms with Crippen LogP contribution in [-0.4, -0.2) is 37.0 Å². The first-order valence-corrected chi connectivity index (χ1v) is 12.7. The number of carbonyl (C=O) groups is 1. The zero-order chi connectivity index (χ0) is 27.0. The second-order valence-electron chi connectivity index (χ2n) is 8.57. The van der Waals surface area contributed by atoms with Crippen LogP contribution in [0.3, 0.4) is 0 Å². The van der Waals surface area contributed by atoms with Crippen LogP contribution in [0.1, 0.15) is 11.3 Å². The molecule has 2 heterocycles. The molecule has 9 nitrogen and oxygen atoms in total. The predicted octanol–water partition coefficient (Wildman–Crippen LogP) is 5.25. The Kier molecular flexibility index (Phi) is 6.98. The molecule has 0 spiro atoms. The zero-order valence-electron chi connectivity index (χ0n) is 21.1. The van der Waals surface area contributed by atoms with Crippen LogP contribution < -0.4 is 25.1 Å². The van der Waals surface area contributed by atoms with Crippen molar-refractivity contribution >= 4 is 56.0 Å². The highest BCUT2D eigenvalue weighted by Gasteiger charge is 2.19. The highest BCUT2D eigenvalue weighted by atomic mass is 127. The normalized spacial score (nSPS) is 11.1. The number of carbonyl (C=O) groups excluding carboxylic acids is 1. The number of aryl methyl sites for hydroxylation is 1. The molecule has 0 aliphatic rings. The molecule has 1 amide bonds. The first-order chi connectivity index (χ1) is 18.3. The Labute approximate surface area is 231 Å². The third-order valence-corrected chi connectivity index (χ3v) is 6.89. The standard InChI is InChI=1S/C28H24IN3O6/c1-15-25-26(31-38-15)20-12-17(29)8-9-21(20)32(28(25)34)19-7-5-6-16(10-19)11-24(33)30-18-13-22(35-2)27(37-4)23(14-18)36-3/h5-10,12-14H,11H2,1-4H3,(H,30,33). The van der Waals surface area contributed by atoms with Crippen LogP contribution in [0.15, 0.2) is 63.9 Å². The molecule has 5 rings (SSSR count). The summed E-state index contributed by atoms with van der Waals surface area (Å²) in [4.78, 5) is 26.6. The molecule has 0 saturated carbocycles. The molecule has 0 unspecified atom stereocenters. The van der Waals surface area contributed by atoms with Gasteiger partial charge in [-0.05, 0) is 65.4 Å². The average Bonchev–Trinajstić information content (AvgIpc) is 3.30. The van der Waals surface area contributed by atoms with Gasteiger partial charge in [0.2, 0.25) is 11.7 Å². The summed E-state index contributed by atoms with van der Waals surface area (Å²) in [5.74, 6) is 1.52. The van der Waals surface area contributed by atoms with Gasteiger partial charge in [0.15, 0.2) is 11.5 Å². The maximum Gasteiger partial charge on any atom is 0.268 e. The lowest BCUT2D eigenvalue weighted by molar-refractivity contribution is -0.115. The van der Waals surface area contributed by atoms with E-state index in [4.69, 9.17) is 18.7 Å². The predicted molar refractivity (Wildman–Crippen MR) is 153 cm³/mol. The molecule has 0 saturated heterocycles. The molecular weight excluding hydrogens is 601 g/mol. The van der Waals surface area contributed by atoms with Crippen molar-refractivity contribution in [1.29, 1.82) is 0 Å². The van der Waals surface area contributed by atoms with Gasteiger partial charge in [-0.15, -0.1) is 0 Å². The number of benzene rings is 3. The summed E-state index contributed by atoms with van der Waals surface area (Å²) >= 11 is 2.23. The van der Waals surface area contributed by atoms with Gasteiger partial charge < -0.3 is 24.1 Å². The molecule has 3 aromatic carbocycles. The average molecular weight is 625 g/mol. The van der Waals surface area contributed by atoms with Crippen LogP contribution in [0.4, 0.5) is 5.69 Å². The topological polar surface area (TPSA) is 105 Å². The van der Waals surface area contributed by atoms with E-state index in [1.807, 2.05) is 42.5 Å². The number of hydrogen-bond acceptors (Lipinski definition) is 7. The number of amides is 1. The minimum absolute atomic E-state index is 0.0869. The maximum atomic E-state index is 13.6. The minimum atomic E-state index is -0.242. The molecule has 10 heteroatoms. The lowest BCUT2D eigenvalue weighted by Gasteiger charge is -2.15. The second kappa shape index (κ2) is 10.4. The van der Waals surface area contributed by atoms with Crippen LogP contribution in [0.25, 0.3) is 27.5 Å². The molecule has 2 aromatic heterocycles. The monoisotopic (exact) mass is 625 g/mol. The van der Waals surface area contributed by atoms with E-state index in [9.17, 15) is 9.59 Å². The fourth-order valence-corrected chi connectivity index (χ4v) is 5.02. The number of methoxy groups -OCH3 is 3. The molecule has 38 heavy (non-hydrogen) atoms. The number of nitrogens with zero attached hydrogens (tertiary/aromatic N) is 2. The summed E-state index contributed by atoms with van der Waals surface area (Å²) in [6.07, 6.45) is 0.0869. The Morgan fingerprint density at radius 1 is 1.03 bits per heavy atom. The quantitative estimate of drug-likeness (QED) is 0.247. The third-order valence-electron chi connectivity index (χ3n) is 6.22. The number of anilines is 1. The first kappa shape index (κ1) is 25.6. The van der Waals surface area contributed by atoms with E-state index >= 15 is 0 Å². The maximum absolute atomic E-state index is 13.6. The Morgan fingerprint density at radius 2 is 1.76 bits per heavy atom. The Bertz CT molecular complexity index is 1730. The largest absolute Gasteiger partial charge is 0.493 e. The van der Waals surface area contributed by atoms with Crippen LogP contribution >= 0.6 is 22.6 Å². The van der Waals surface area contributed by atoms with Gasteiger partial charge in [0, 0.05) is 32.5 Å². The van der Waals surface area contributed by atoms with Crippen LogP contribution in [0, 0.1) is 10.5 Å². The number of aromatic nitrogens is 2. The molecule has 0 aliphatic carbocycles. The van der Waals surface area contributed by atoms with Gasteiger partial charge in [-0.1, -0.05) is 17.3 Å². The number of ether oxygens (including phenoxy) is 3. The molecule has 0 fully saturated rings. The lowest BCUT2D eigenvalue weighted by Crippen LogP contribution is -2.20. The lowest BCUT2D eigenvalue weighted by atomic mass is 10.1. The molecule has 0 bridgehead atoms. The molecule has 0 radical (unpaired) electrons. The molecular formula is C28H24IN3O6. The zero-order valence-corrected chi connectivity index (χ0v) is 23.3. The Balaban J connectivity index is 1.51. The van der Waals surface area contributed by atoms with Crippen molar-refractivity contribution in [3.8, 4) is 22.9 Å². The van der Waals surface area contributed by atoms with E-state index in [0.717, 1.165) is 14.5 Å². The number of pyridine rings is 1. The van der Waals surface area contributed by atoms with Crippen LogP contribution in [0.2, 0.25) is 0 Å². The van der Waals surface area contributed by atoms with Gasteiger partial charge >= 0.3 is 0 Å². The van der Waals surface area contributed by atoms with Gasteiger partial charge in [-0.3, -0.25) is 14.2 Å². The molecule has 5 aromatic rings. The number of halogens is 1. The summed E-state index contributed by atoms with van der Waals surface area (Å²) in [5.41, 5.74) is 2.90. The van der Waals surface area contributed by atoms with E-state index in [-0.39, 0.29) is 17.9 Å². The first-order valence-electron chi connectivity index (χ1n) is 11.6. The highest BCUT2D eigenvalue weighted by molar-refractivity contribution is 14.1. The van der Waals surface area contributed by atoms with Crippen molar-refractivity contribution in [3.63, 3.8) is 0 Å². The van der Waals surface area contributed by atoms with Gasteiger partial charge in [-0.2, -0.15) is 0 Å². The number of hydrogen-bond donors (Lipinski definition) is 1. The van der Waals surface area contributed by atoms with Gasteiger partial charge in [0.25, 0.3) is 5.56 Å². The van der Waals surface area contributed by atoms with Gasteiger partial charge in [0.05, 0.1) is 33.3 Å². The van der Waals surface area contributed by atoms with Crippen LogP contribution in [-0.2, 0) is 11.2 Å². The fourth-order valence-electron chi connectivity index (χ4n) is 4.53. The molecule has 0 aliphatic heterocycles. The van der Waals surface area contributed by atoms with Gasteiger partial charge in [-0.25, -0.2) is 0 Å². The SMILES string of the molecule is COc1cc(NC(=O)Cc2cccc(-n3c(=O)c4c(C)onc4c4cc(I)ccc43)c2)cc(OC)c1OC. The van der Waals surface area contributed by atoms with Gasteiger partial charge in [0.1, 0.15) is 16.7 Å². The Morgan fingerprint density at radius 3 is 2.45 bits per heavy atom. The van der Waals surface area contributed by atoms with Crippen LogP contribution in [0.5, 0.6) is 17.2 Å². The number of fused-ring (bicyclic) bond motifs is 3. The fraction of sp³-hybridized carbons (Fsp3) is 0.179. The number of rotatable bonds is 7. The summed E-state index contributed by atoms with van der Waals surface area (Å²) in [6.45, 7) is 1.73. The second-order valence-corrected chi connectivity index (χ2v) is 9.82. The molecule has 1 N–H and O–H groups in total. The van der Waals surface area contributed by atoms with E-state index in [0.29, 0.717) is 50.8 Å². The highest BCUT2D eigenvalue weighted by Crippen LogP contribution is 2.40. The minimum Gasteiger partial charge on any atom is -0.493 e. The summed E-state index contributed by atoms with van der Waals surface area (Å²) in [7, 11) is 4.54. The smallest absolute Gasteiger partial charge is 0.268 e. The van der Waals surface area contributed by atoms with E-state index in [1.165, 1.54) is 21.3 Å². The van der Waals surface area contributed by atoms with Crippen molar-refractivity contribution in [2.75, 3.05) is 26.6 Å². The third kappa shape index (κ3) is 4.55. The summed E-state index contributed by atoms with van der Waals surface area (Å²) in [6, 6.07) is 16.5. The van der Waals surface area contributed by atoms with E-state index in [1.54, 1.807) is 23.6 Å². The summed E-state index contributed by atoms with van der Waals surface area (Å²) in [5, 5.41) is 8.28. The number of nitrogens with one attached hydrogen (secondary N) is 1. The van der Waals surface area contributed by atoms with Crippen molar-refractivity contribution in [1.82, 2.24) is 9.72 Å². The molecule has 194 valence electrons.